The van der Waals surface area contributed by atoms with Crippen LogP contribution in [0.5, 0.6) is 0 Å². The number of carbonyl (C=O) groups excluding carboxylic acids is 1. The maximum Gasteiger partial charge on any atom is 0.258 e. The van der Waals surface area contributed by atoms with Crippen molar-refractivity contribution in [1.82, 2.24) is 0 Å². The average molecular weight is 276 g/mol. The zero-order valence-electron chi connectivity index (χ0n) is 11.1. The van der Waals surface area contributed by atoms with Crippen molar-refractivity contribution in [3.8, 4) is 0 Å². The van der Waals surface area contributed by atoms with Gasteiger partial charge in [0.15, 0.2) is 0 Å². The SMILES string of the molecule is Cc1cc(NC(=O)c2cc(C)c(F)cc2F)ccc1N. The predicted octanol–water partition coefficient (Wildman–Crippen LogP) is 3.42. The van der Waals surface area contributed by atoms with Gasteiger partial charge < -0.3 is 11.1 Å². The summed E-state index contributed by atoms with van der Waals surface area (Å²) in [6, 6.07) is 6.84. The summed E-state index contributed by atoms with van der Waals surface area (Å²) in [7, 11) is 0. The highest BCUT2D eigenvalue weighted by atomic mass is 19.1. The Hall–Kier alpha value is -2.43. The number of amides is 1. The molecule has 0 bridgehead atoms. The first-order chi connectivity index (χ1) is 9.38. The molecule has 20 heavy (non-hydrogen) atoms. The van der Waals surface area contributed by atoms with Crippen LogP contribution in [-0.2, 0) is 0 Å². The van der Waals surface area contributed by atoms with E-state index in [1.54, 1.807) is 25.1 Å². The van der Waals surface area contributed by atoms with E-state index in [1.807, 2.05) is 0 Å². The number of hydrogen-bond donors (Lipinski definition) is 2. The van der Waals surface area contributed by atoms with Gasteiger partial charge in [0.2, 0.25) is 0 Å². The number of nitrogens with two attached hydrogens (primary N) is 1. The molecule has 0 heterocycles. The van der Waals surface area contributed by atoms with E-state index in [4.69, 9.17) is 5.73 Å². The molecule has 104 valence electrons. The van der Waals surface area contributed by atoms with Gasteiger partial charge in [-0.15, -0.1) is 0 Å². The summed E-state index contributed by atoms with van der Waals surface area (Å²) in [5.41, 5.74) is 7.60. The third-order valence-corrected chi connectivity index (χ3v) is 3.02. The molecule has 0 aliphatic rings. The molecule has 3 nitrogen and oxygen atoms in total. The van der Waals surface area contributed by atoms with E-state index in [1.165, 1.54) is 13.0 Å². The van der Waals surface area contributed by atoms with Gasteiger partial charge in [-0.05, 0) is 49.2 Å². The highest BCUT2D eigenvalue weighted by Gasteiger charge is 2.15. The van der Waals surface area contributed by atoms with Crippen molar-refractivity contribution in [1.29, 1.82) is 0 Å². The monoisotopic (exact) mass is 276 g/mol. The molecule has 5 heteroatoms. The van der Waals surface area contributed by atoms with Gasteiger partial charge in [-0.25, -0.2) is 8.78 Å². The summed E-state index contributed by atoms with van der Waals surface area (Å²) < 4.78 is 26.8. The summed E-state index contributed by atoms with van der Waals surface area (Å²) in [4.78, 5) is 12.0. The minimum atomic E-state index is -0.891. The maximum absolute atomic E-state index is 13.6. The van der Waals surface area contributed by atoms with Gasteiger partial charge in [-0.3, -0.25) is 4.79 Å². The van der Waals surface area contributed by atoms with E-state index in [0.29, 0.717) is 17.4 Å². The number of hydrogen-bond acceptors (Lipinski definition) is 2. The van der Waals surface area contributed by atoms with Crippen molar-refractivity contribution >= 4 is 17.3 Å². The standard InChI is InChI=1S/C15H14F2N2O/c1-8-6-11(13(17)7-12(8)16)15(20)19-10-3-4-14(18)9(2)5-10/h3-7H,18H2,1-2H3,(H,19,20). The van der Waals surface area contributed by atoms with Crippen LogP contribution in [-0.4, -0.2) is 5.91 Å². The fraction of sp³-hybridized carbons (Fsp3) is 0.133. The first-order valence-corrected chi connectivity index (χ1v) is 6.01. The molecule has 0 saturated heterocycles. The summed E-state index contributed by atoms with van der Waals surface area (Å²) in [5, 5.41) is 2.56. The van der Waals surface area contributed by atoms with Crippen LogP contribution in [0.25, 0.3) is 0 Å². The molecule has 2 aromatic carbocycles. The molecule has 0 radical (unpaired) electrons. The van der Waals surface area contributed by atoms with Crippen LogP contribution in [0.1, 0.15) is 21.5 Å². The first-order valence-electron chi connectivity index (χ1n) is 6.01. The van der Waals surface area contributed by atoms with Crippen LogP contribution < -0.4 is 11.1 Å². The van der Waals surface area contributed by atoms with E-state index in [-0.39, 0.29) is 11.1 Å². The Morgan fingerprint density at radius 3 is 2.40 bits per heavy atom. The minimum Gasteiger partial charge on any atom is -0.399 e. The Labute approximate surface area is 115 Å². The smallest absolute Gasteiger partial charge is 0.258 e. The van der Waals surface area contributed by atoms with E-state index in [0.717, 1.165) is 5.56 Å². The molecule has 0 aliphatic carbocycles. The predicted molar refractivity (Wildman–Crippen MR) is 74.6 cm³/mol. The van der Waals surface area contributed by atoms with E-state index < -0.39 is 17.5 Å². The number of halogens is 2. The molecule has 0 aliphatic heterocycles. The lowest BCUT2D eigenvalue weighted by Crippen LogP contribution is -2.14. The molecule has 1 amide bonds. The number of carbonyl (C=O) groups is 1. The van der Waals surface area contributed by atoms with Crippen LogP contribution in [0.3, 0.4) is 0 Å². The molecule has 2 rings (SSSR count). The Kier molecular flexibility index (Phi) is 3.70. The fourth-order valence-corrected chi connectivity index (χ4v) is 1.78. The molecular formula is C15H14F2N2O. The fourth-order valence-electron chi connectivity index (χ4n) is 1.78. The lowest BCUT2D eigenvalue weighted by Gasteiger charge is -2.09. The van der Waals surface area contributed by atoms with Gasteiger partial charge in [0.1, 0.15) is 11.6 Å². The Bertz CT molecular complexity index is 684. The largest absolute Gasteiger partial charge is 0.399 e. The summed E-state index contributed by atoms with van der Waals surface area (Å²) in [5.74, 6) is -2.20. The number of benzene rings is 2. The van der Waals surface area contributed by atoms with Gasteiger partial charge in [-0.2, -0.15) is 0 Å². The third-order valence-electron chi connectivity index (χ3n) is 3.02. The quantitative estimate of drug-likeness (QED) is 0.826. The maximum atomic E-state index is 13.6. The molecule has 0 spiro atoms. The second-order valence-corrected chi connectivity index (χ2v) is 4.61. The number of nitrogen functional groups attached to an aromatic ring is 1. The first kappa shape index (κ1) is 14.0. The molecule has 2 aromatic rings. The Morgan fingerprint density at radius 1 is 1.05 bits per heavy atom. The number of nitrogens with one attached hydrogen (secondary N) is 1. The molecule has 0 saturated carbocycles. The molecule has 3 N–H and O–H groups in total. The van der Waals surface area contributed by atoms with Crippen molar-refractivity contribution in [2.45, 2.75) is 13.8 Å². The second kappa shape index (κ2) is 5.28. The van der Waals surface area contributed by atoms with E-state index in [2.05, 4.69) is 5.32 Å². The number of aryl methyl sites for hydroxylation is 2. The molecule has 0 aromatic heterocycles. The van der Waals surface area contributed by atoms with Crippen molar-refractivity contribution in [2.24, 2.45) is 0 Å². The molecule has 0 fully saturated rings. The summed E-state index contributed by atoms with van der Waals surface area (Å²) in [6.07, 6.45) is 0. The zero-order valence-corrected chi connectivity index (χ0v) is 11.1. The van der Waals surface area contributed by atoms with Gasteiger partial charge in [0.05, 0.1) is 5.56 Å². The van der Waals surface area contributed by atoms with Gasteiger partial charge in [0, 0.05) is 17.4 Å². The van der Waals surface area contributed by atoms with Crippen molar-refractivity contribution < 1.29 is 13.6 Å². The summed E-state index contributed by atoms with van der Waals surface area (Å²) >= 11 is 0. The van der Waals surface area contributed by atoms with Crippen LogP contribution >= 0.6 is 0 Å². The molecular weight excluding hydrogens is 262 g/mol. The lowest BCUT2D eigenvalue weighted by molar-refractivity contribution is 0.102. The molecule has 0 atom stereocenters. The lowest BCUT2D eigenvalue weighted by atomic mass is 10.1. The Balaban J connectivity index is 2.28. The van der Waals surface area contributed by atoms with Crippen LogP contribution in [0.4, 0.5) is 20.2 Å². The second-order valence-electron chi connectivity index (χ2n) is 4.61. The van der Waals surface area contributed by atoms with Crippen molar-refractivity contribution in [3.63, 3.8) is 0 Å². The molecule has 0 unspecified atom stereocenters. The van der Waals surface area contributed by atoms with Gasteiger partial charge in [-0.1, -0.05) is 0 Å². The van der Waals surface area contributed by atoms with Crippen LogP contribution in [0, 0.1) is 25.5 Å². The van der Waals surface area contributed by atoms with E-state index >= 15 is 0 Å². The highest BCUT2D eigenvalue weighted by Crippen LogP contribution is 2.19. The summed E-state index contributed by atoms with van der Waals surface area (Å²) in [6.45, 7) is 3.27. The number of rotatable bonds is 2. The van der Waals surface area contributed by atoms with Gasteiger partial charge in [0.25, 0.3) is 5.91 Å². The van der Waals surface area contributed by atoms with E-state index in [9.17, 15) is 13.6 Å². The topological polar surface area (TPSA) is 55.1 Å². The van der Waals surface area contributed by atoms with Gasteiger partial charge >= 0.3 is 0 Å². The van der Waals surface area contributed by atoms with Crippen molar-refractivity contribution in [3.05, 3.63) is 58.7 Å². The zero-order chi connectivity index (χ0) is 14.9. The normalized spacial score (nSPS) is 10.4. The van der Waals surface area contributed by atoms with Crippen LogP contribution in [0.2, 0.25) is 0 Å². The van der Waals surface area contributed by atoms with Crippen molar-refractivity contribution in [2.75, 3.05) is 11.1 Å². The average Bonchev–Trinajstić information content (AvgIpc) is 2.38. The highest BCUT2D eigenvalue weighted by molar-refractivity contribution is 6.04. The van der Waals surface area contributed by atoms with Crippen LogP contribution in [0.15, 0.2) is 30.3 Å². The minimum absolute atomic E-state index is 0.196. The third kappa shape index (κ3) is 2.77. The number of anilines is 2. The Morgan fingerprint density at radius 2 is 1.75 bits per heavy atom.